The average molecular weight is 382 g/mol. The van der Waals surface area contributed by atoms with Crippen LogP contribution in [0.4, 0.5) is 5.69 Å². The maximum atomic E-state index is 12.1. The summed E-state index contributed by atoms with van der Waals surface area (Å²) in [4.78, 5) is 12.3. The minimum Gasteiger partial charge on any atom is -0.325 e. The molecule has 0 fully saturated rings. The number of sulfone groups is 1. The molecule has 0 heterocycles. The van der Waals surface area contributed by atoms with Crippen molar-refractivity contribution in [1.29, 1.82) is 0 Å². The van der Waals surface area contributed by atoms with E-state index in [2.05, 4.69) is 21.2 Å². The fourth-order valence-corrected chi connectivity index (χ4v) is 3.29. The van der Waals surface area contributed by atoms with Gasteiger partial charge >= 0.3 is 0 Å². The first-order valence-electron chi connectivity index (χ1n) is 6.78. The van der Waals surface area contributed by atoms with Gasteiger partial charge in [0.15, 0.2) is 9.84 Å². The van der Waals surface area contributed by atoms with Gasteiger partial charge in [0, 0.05) is 4.47 Å². The van der Waals surface area contributed by atoms with Crippen LogP contribution in [0.2, 0.25) is 0 Å². The predicted molar refractivity (Wildman–Crippen MR) is 90.6 cm³/mol. The Kier molecular flexibility index (Phi) is 5.37. The van der Waals surface area contributed by atoms with Crippen molar-refractivity contribution in [2.45, 2.75) is 18.2 Å². The monoisotopic (exact) mass is 381 g/mol. The van der Waals surface area contributed by atoms with Gasteiger partial charge in [-0.2, -0.15) is 0 Å². The zero-order chi connectivity index (χ0) is 16.2. The Hall–Kier alpha value is -1.66. The highest BCUT2D eigenvalue weighted by Gasteiger charge is 2.17. The highest BCUT2D eigenvalue weighted by molar-refractivity contribution is 9.10. The van der Waals surface area contributed by atoms with Crippen molar-refractivity contribution < 1.29 is 13.2 Å². The molecule has 0 saturated heterocycles. The van der Waals surface area contributed by atoms with Crippen molar-refractivity contribution in [3.05, 3.63) is 58.6 Å². The summed E-state index contributed by atoms with van der Waals surface area (Å²) >= 11 is 3.34. The maximum absolute atomic E-state index is 12.1. The molecule has 4 nitrogen and oxygen atoms in total. The lowest BCUT2D eigenvalue weighted by atomic mass is 10.1. The number of carbonyl (C=O) groups is 1. The summed E-state index contributed by atoms with van der Waals surface area (Å²) in [5, 5.41) is 2.68. The first kappa shape index (κ1) is 16.7. The third kappa shape index (κ3) is 4.18. The van der Waals surface area contributed by atoms with E-state index < -0.39 is 9.84 Å². The fraction of sp³-hybridized carbons (Fsp3) is 0.188. The number of benzene rings is 2. The summed E-state index contributed by atoms with van der Waals surface area (Å²) < 4.78 is 25.0. The molecule has 0 bridgehead atoms. The van der Waals surface area contributed by atoms with E-state index in [9.17, 15) is 13.2 Å². The van der Waals surface area contributed by atoms with E-state index in [0.717, 1.165) is 10.0 Å². The number of amides is 1. The van der Waals surface area contributed by atoms with Gasteiger partial charge < -0.3 is 5.32 Å². The molecule has 0 aliphatic rings. The Labute approximate surface area is 138 Å². The number of nitrogens with one attached hydrogen (secondary N) is 1. The van der Waals surface area contributed by atoms with Gasteiger partial charge in [0.25, 0.3) is 0 Å². The van der Waals surface area contributed by atoms with Crippen molar-refractivity contribution >= 4 is 37.4 Å². The van der Waals surface area contributed by atoms with Gasteiger partial charge in [-0.05, 0) is 29.8 Å². The van der Waals surface area contributed by atoms with Gasteiger partial charge in [-0.25, -0.2) is 8.42 Å². The van der Waals surface area contributed by atoms with Crippen LogP contribution in [0.15, 0.2) is 57.9 Å². The van der Waals surface area contributed by atoms with Crippen LogP contribution in [0.25, 0.3) is 0 Å². The molecule has 0 aliphatic heterocycles. The third-order valence-corrected chi connectivity index (χ3v) is 5.47. The lowest BCUT2D eigenvalue weighted by Crippen LogP contribution is -2.17. The van der Waals surface area contributed by atoms with E-state index in [1.54, 1.807) is 25.1 Å². The van der Waals surface area contributed by atoms with E-state index in [0.29, 0.717) is 5.69 Å². The van der Waals surface area contributed by atoms with Gasteiger partial charge in [-0.1, -0.05) is 47.1 Å². The Bertz CT molecular complexity index is 770. The average Bonchev–Trinajstić information content (AvgIpc) is 2.50. The van der Waals surface area contributed by atoms with Crippen molar-refractivity contribution in [3.63, 3.8) is 0 Å². The van der Waals surface area contributed by atoms with Crippen LogP contribution in [-0.4, -0.2) is 20.1 Å². The molecular weight excluding hydrogens is 366 g/mol. The lowest BCUT2D eigenvalue weighted by molar-refractivity contribution is -0.115. The van der Waals surface area contributed by atoms with Crippen LogP contribution in [0.1, 0.15) is 12.5 Å². The van der Waals surface area contributed by atoms with Crippen LogP contribution in [0.3, 0.4) is 0 Å². The minimum absolute atomic E-state index is 0.00735. The number of hydrogen-bond acceptors (Lipinski definition) is 3. The van der Waals surface area contributed by atoms with Gasteiger partial charge in [0.05, 0.1) is 22.8 Å². The summed E-state index contributed by atoms with van der Waals surface area (Å²) in [6.07, 6.45) is 0.188. The van der Waals surface area contributed by atoms with E-state index in [1.807, 2.05) is 24.3 Å². The van der Waals surface area contributed by atoms with Gasteiger partial charge in [-0.3, -0.25) is 4.79 Å². The first-order valence-corrected chi connectivity index (χ1v) is 9.23. The molecule has 0 aromatic heterocycles. The molecule has 6 heteroatoms. The third-order valence-electron chi connectivity index (χ3n) is 3.15. The normalized spacial score (nSPS) is 11.2. The van der Waals surface area contributed by atoms with Crippen LogP contribution in [0.5, 0.6) is 0 Å². The topological polar surface area (TPSA) is 63.2 Å². The molecule has 0 radical (unpaired) electrons. The number of carbonyl (C=O) groups excluding carboxylic acids is 1. The second kappa shape index (κ2) is 7.07. The molecular formula is C16H16BrNO3S. The molecule has 0 aliphatic carbocycles. The van der Waals surface area contributed by atoms with Gasteiger partial charge in [0.1, 0.15) is 0 Å². The first-order chi connectivity index (χ1) is 10.4. The number of halogens is 1. The number of hydrogen-bond donors (Lipinski definition) is 1. The zero-order valence-corrected chi connectivity index (χ0v) is 14.4. The molecule has 0 saturated carbocycles. The molecule has 1 amide bonds. The van der Waals surface area contributed by atoms with E-state index in [4.69, 9.17) is 0 Å². The Morgan fingerprint density at radius 1 is 1.09 bits per heavy atom. The quantitative estimate of drug-likeness (QED) is 0.862. The largest absolute Gasteiger partial charge is 0.325 e. The number of para-hydroxylation sites is 1. The van der Waals surface area contributed by atoms with E-state index in [-0.39, 0.29) is 23.0 Å². The molecule has 1 N–H and O–H groups in total. The highest BCUT2D eigenvalue weighted by Crippen LogP contribution is 2.22. The van der Waals surface area contributed by atoms with Crippen LogP contribution in [0, 0.1) is 0 Å². The summed E-state index contributed by atoms with van der Waals surface area (Å²) in [7, 11) is -3.37. The molecule has 0 unspecified atom stereocenters. The SMILES string of the molecule is CCS(=O)(=O)c1ccccc1NC(=O)Cc1ccc(Br)cc1. The zero-order valence-electron chi connectivity index (χ0n) is 12.0. The summed E-state index contributed by atoms with van der Waals surface area (Å²) in [6.45, 7) is 1.58. The smallest absolute Gasteiger partial charge is 0.228 e. The second-order valence-electron chi connectivity index (χ2n) is 4.75. The van der Waals surface area contributed by atoms with Crippen molar-refractivity contribution in [2.75, 3.05) is 11.1 Å². The highest BCUT2D eigenvalue weighted by atomic mass is 79.9. The minimum atomic E-state index is -3.37. The van der Waals surface area contributed by atoms with E-state index >= 15 is 0 Å². The van der Waals surface area contributed by atoms with Crippen LogP contribution in [-0.2, 0) is 21.1 Å². The van der Waals surface area contributed by atoms with Gasteiger partial charge in [-0.15, -0.1) is 0 Å². The second-order valence-corrected chi connectivity index (χ2v) is 7.91. The lowest BCUT2D eigenvalue weighted by Gasteiger charge is -2.11. The summed E-state index contributed by atoms with van der Waals surface area (Å²) in [5.74, 6) is -0.256. The molecule has 116 valence electrons. The maximum Gasteiger partial charge on any atom is 0.228 e. The Balaban J connectivity index is 2.17. The Morgan fingerprint density at radius 2 is 1.73 bits per heavy atom. The van der Waals surface area contributed by atoms with Crippen molar-refractivity contribution in [2.24, 2.45) is 0 Å². The van der Waals surface area contributed by atoms with E-state index in [1.165, 1.54) is 6.07 Å². The summed E-state index contributed by atoms with van der Waals surface area (Å²) in [5.41, 5.74) is 1.18. The predicted octanol–water partition coefficient (Wildman–Crippen LogP) is 3.42. The molecule has 2 rings (SSSR count). The molecule has 0 spiro atoms. The van der Waals surface area contributed by atoms with Gasteiger partial charge in [0.2, 0.25) is 5.91 Å². The molecule has 0 atom stereocenters. The molecule has 22 heavy (non-hydrogen) atoms. The number of rotatable bonds is 5. The standard InChI is InChI=1S/C16H16BrNO3S/c1-2-22(20,21)15-6-4-3-5-14(15)18-16(19)11-12-7-9-13(17)10-8-12/h3-10H,2,11H2,1H3,(H,18,19). The summed E-state index contributed by atoms with van der Waals surface area (Å²) in [6, 6.07) is 13.9. The van der Waals surface area contributed by atoms with Crippen molar-refractivity contribution in [1.82, 2.24) is 0 Å². The van der Waals surface area contributed by atoms with Crippen molar-refractivity contribution in [3.8, 4) is 0 Å². The van der Waals surface area contributed by atoms with Crippen LogP contribution < -0.4 is 5.32 Å². The molecule has 2 aromatic rings. The Morgan fingerprint density at radius 3 is 2.36 bits per heavy atom. The molecule has 2 aromatic carbocycles. The number of anilines is 1. The van der Waals surface area contributed by atoms with Crippen LogP contribution >= 0.6 is 15.9 Å². The fourth-order valence-electron chi connectivity index (χ4n) is 1.98.